The van der Waals surface area contributed by atoms with Crippen molar-refractivity contribution in [3.05, 3.63) is 29.3 Å². The van der Waals surface area contributed by atoms with E-state index in [0.29, 0.717) is 24.9 Å². The molecule has 0 saturated heterocycles. The van der Waals surface area contributed by atoms with E-state index < -0.39 is 0 Å². The van der Waals surface area contributed by atoms with Gasteiger partial charge in [-0.3, -0.25) is 9.59 Å². The van der Waals surface area contributed by atoms with Gasteiger partial charge in [-0.15, -0.1) is 11.8 Å². The predicted octanol–water partition coefficient (Wildman–Crippen LogP) is 6.98. The maximum atomic E-state index is 12.6. The zero-order valence-corrected chi connectivity index (χ0v) is 22.6. The molecular formula is C28H45NO3S. The number of unbranched alkanes of at least 4 members (excludes halogenated alkanes) is 1. The summed E-state index contributed by atoms with van der Waals surface area (Å²) in [7, 11) is 0. The van der Waals surface area contributed by atoms with Gasteiger partial charge in [0.2, 0.25) is 5.91 Å². The molecule has 0 radical (unpaired) electrons. The lowest BCUT2D eigenvalue weighted by Gasteiger charge is -2.40. The first kappa shape index (κ1) is 27.8. The van der Waals surface area contributed by atoms with Gasteiger partial charge in [0, 0.05) is 35.1 Å². The lowest BCUT2D eigenvalue weighted by molar-refractivity contribution is -0.144. The van der Waals surface area contributed by atoms with Crippen molar-refractivity contribution in [2.45, 2.75) is 103 Å². The first-order chi connectivity index (χ1) is 15.8. The fourth-order valence-corrected chi connectivity index (χ4v) is 5.28. The smallest absolute Gasteiger partial charge is 0.306 e. The van der Waals surface area contributed by atoms with E-state index >= 15 is 0 Å². The second-order valence-electron chi connectivity index (χ2n) is 9.87. The number of hydrogen-bond donors (Lipinski definition) is 0. The topological polar surface area (TPSA) is 46.6 Å². The van der Waals surface area contributed by atoms with E-state index in [9.17, 15) is 9.59 Å². The zero-order valence-electron chi connectivity index (χ0n) is 21.7. The fraction of sp³-hybridized carbons (Fsp3) is 0.714. The normalized spacial score (nSPS) is 17.5. The Morgan fingerprint density at radius 1 is 1.21 bits per heavy atom. The Bertz CT molecular complexity index is 772. The van der Waals surface area contributed by atoms with Crippen molar-refractivity contribution in [1.29, 1.82) is 0 Å². The van der Waals surface area contributed by atoms with E-state index in [2.05, 4.69) is 45.9 Å². The van der Waals surface area contributed by atoms with Crippen LogP contribution in [0.3, 0.4) is 0 Å². The van der Waals surface area contributed by atoms with Gasteiger partial charge in [0.1, 0.15) is 0 Å². The number of fused-ring (bicyclic) bond motifs is 1. The standard InChI is InChI=1S/C26H39NO3S.C2H6/c1-5-7-8-19(6-2)17-30-24(28)13-14-31-22-12-11-21-16-27(25(29)20-9-10-20)18-26(3,4)23(21)15-22;1-2/h11-12,15,19-20H,5-10,13-14,16-18H2,1-4H3;1-2H3. The minimum absolute atomic E-state index is 0.0543. The molecule has 0 bridgehead atoms. The number of rotatable bonds is 11. The van der Waals surface area contributed by atoms with Crippen LogP contribution in [0.2, 0.25) is 0 Å². The maximum Gasteiger partial charge on any atom is 0.306 e. The summed E-state index contributed by atoms with van der Waals surface area (Å²) in [5, 5.41) is 0. The number of benzene rings is 1. The summed E-state index contributed by atoms with van der Waals surface area (Å²) in [5.74, 6) is 1.73. The highest BCUT2D eigenvalue weighted by molar-refractivity contribution is 7.99. The largest absolute Gasteiger partial charge is 0.465 e. The molecule has 1 aliphatic carbocycles. The van der Waals surface area contributed by atoms with Crippen molar-refractivity contribution in [3.63, 3.8) is 0 Å². The molecule has 33 heavy (non-hydrogen) atoms. The third-order valence-corrected chi connectivity index (χ3v) is 7.59. The number of carbonyl (C=O) groups is 2. The van der Waals surface area contributed by atoms with E-state index in [1.165, 1.54) is 28.9 Å². The number of thioether (sulfide) groups is 1. The number of ether oxygens (including phenoxy) is 1. The van der Waals surface area contributed by atoms with Crippen LogP contribution in [-0.2, 0) is 26.3 Å². The Morgan fingerprint density at radius 3 is 2.58 bits per heavy atom. The van der Waals surface area contributed by atoms with Crippen LogP contribution in [0, 0.1) is 11.8 Å². The van der Waals surface area contributed by atoms with E-state index in [0.717, 1.165) is 44.5 Å². The van der Waals surface area contributed by atoms with Crippen LogP contribution in [-0.4, -0.2) is 35.7 Å². The summed E-state index contributed by atoms with van der Waals surface area (Å²) >= 11 is 1.72. The number of esters is 1. The first-order valence-corrected chi connectivity index (χ1v) is 14.0. The van der Waals surface area contributed by atoms with Crippen molar-refractivity contribution in [3.8, 4) is 0 Å². The Hall–Kier alpha value is -1.49. The van der Waals surface area contributed by atoms with Gasteiger partial charge in [0.15, 0.2) is 0 Å². The summed E-state index contributed by atoms with van der Waals surface area (Å²) in [6.07, 6.45) is 7.15. The molecule has 186 valence electrons. The Labute approximate surface area is 206 Å². The van der Waals surface area contributed by atoms with Crippen molar-refractivity contribution < 1.29 is 14.3 Å². The van der Waals surface area contributed by atoms with Gasteiger partial charge >= 0.3 is 5.97 Å². The minimum atomic E-state index is -0.0880. The molecule has 3 rings (SSSR count). The number of nitrogens with zero attached hydrogens (tertiary/aromatic N) is 1. The molecule has 1 saturated carbocycles. The first-order valence-electron chi connectivity index (χ1n) is 13.0. The lowest BCUT2D eigenvalue weighted by atomic mass is 9.78. The van der Waals surface area contributed by atoms with E-state index in [1.54, 1.807) is 11.8 Å². The molecule has 1 fully saturated rings. The van der Waals surface area contributed by atoms with Crippen molar-refractivity contribution in [1.82, 2.24) is 4.90 Å². The molecule has 1 amide bonds. The van der Waals surface area contributed by atoms with Crippen LogP contribution in [0.1, 0.15) is 97.6 Å². The minimum Gasteiger partial charge on any atom is -0.465 e. The van der Waals surface area contributed by atoms with Crippen LogP contribution in [0.15, 0.2) is 23.1 Å². The molecule has 1 aromatic rings. The van der Waals surface area contributed by atoms with E-state index in [4.69, 9.17) is 4.74 Å². The van der Waals surface area contributed by atoms with Crippen molar-refractivity contribution in [2.24, 2.45) is 11.8 Å². The quantitative estimate of drug-likeness (QED) is 0.256. The van der Waals surface area contributed by atoms with Crippen LogP contribution in [0.4, 0.5) is 0 Å². The molecule has 5 heteroatoms. The van der Waals surface area contributed by atoms with Crippen LogP contribution < -0.4 is 0 Å². The van der Waals surface area contributed by atoms with Crippen molar-refractivity contribution >= 4 is 23.6 Å². The second kappa shape index (κ2) is 13.4. The zero-order chi connectivity index (χ0) is 24.4. The molecule has 0 aromatic heterocycles. The molecule has 0 N–H and O–H groups in total. The molecule has 1 aromatic carbocycles. The third kappa shape index (κ3) is 8.35. The monoisotopic (exact) mass is 475 g/mol. The van der Waals surface area contributed by atoms with E-state index in [-0.39, 0.29) is 17.3 Å². The highest BCUT2D eigenvalue weighted by Gasteiger charge is 2.39. The predicted molar refractivity (Wildman–Crippen MR) is 139 cm³/mol. The SMILES string of the molecule is CC.CCCCC(CC)COC(=O)CCSc1ccc2c(c1)C(C)(C)CN(C(=O)C1CC1)C2. The summed E-state index contributed by atoms with van der Waals surface area (Å²) in [5.41, 5.74) is 2.54. The van der Waals surface area contributed by atoms with Gasteiger partial charge in [-0.1, -0.05) is 66.9 Å². The summed E-state index contributed by atoms with van der Waals surface area (Å²) in [4.78, 5) is 28.0. The Balaban J connectivity index is 0.00000187. The number of carbonyl (C=O) groups excluding carboxylic acids is 2. The molecule has 0 spiro atoms. The summed E-state index contributed by atoms with van der Waals surface area (Å²) in [6.45, 7) is 14.9. The highest BCUT2D eigenvalue weighted by atomic mass is 32.2. The molecule has 1 aliphatic heterocycles. The summed E-state index contributed by atoms with van der Waals surface area (Å²) in [6, 6.07) is 6.57. The average Bonchev–Trinajstić information content (AvgIpc) is 3.65. The molecule has 1 atom stereocenters. The van der Waals surface area contributed by atoms with Crippen molar-refractivity contribution in [2.75, 3.05) is 18.9 Å². The molecular weight excluding hydrogens is 430 g/mol. The molecule has 4 nitrogen and oxygen atoms in total. The molecule has 1 unspecified atom stereocenters. The number of amides is 1. The molecule has 2 aliphatic rings. The van der Waals surface area contributed by atoms with Gasteiger partial charge in [-0.2, -0.15) is 0 Å². The Morgan fingerprint density at radius 2 is 1.94 bits per heavy atom. The van der Waals surface area contributed by atoms with Gasteiger partial charge in [-0.05, 0) is 48.4 Å². The average molecular weight is 476 g/mol. The van der Waals surface area contributed by atoms with Gasteiger partial charge in [-0.25, -0.2) is 0 Å². The lowest BCUT2D eigenvalue weighted by Crippen LogP contribution is -2.45. The maximum absolute atomic E-state index is 12.6. The van der Waals surface area contributed by atoms with E-state index in [1.807, 2.05) is 18.7 Å². The van der Waals surface area contributed by atoms with Crippen LogP contribution >= 0.6 is 11.8 Å². The third-order valence-electron chi connectivity index (χ3n) is 6.59. The second-order valence-corrected chi connectivity index (χ2v) is 11.0. The highest BCUT2D eigenvalue weighted by Crippen LogP contribution is 2.39. The summed E-state index contributed by atoms with van der Waals surface area (Å²) < 4.78 is 5.52. The van der Waals surface area contributed by atoms with Gasteiger partial charge in [0.25, 0.3) is 0 Å². The van der Waals surface area contributed by atoms with Crippen LogP contribution in [0.25, 0.3) is 0 Å². The Kier molecular flexibility index (Phi) is 11.3. The molecule has 1 heterocycles. The number of hydrogen-bond acceptors (Lipinski definition) is 4. The fourth-order valence-electron chi connectivity index (χ4n) is 4.41. The van der Waals surface area contributed by atoms with Crippen LogP contribution in [0.5, 0.6) is 0 Å². The van der Waals surface area contributed by atoms with Gasteiger partial charge < -0.3 is 9.64 Å². The van der Waals surface area contributed by atoms with Gasteiger partial charge in [0.05, 0.1) is 13.0 Å².